The Morgan fingerprint density at radius 1 is 1.08 bits per heavy atom. The molecule has 5 nitrogen and oxygen atoms in total. The van der Waals surface area contributed by atoms with Crippen LogP contribution in [0.15, 0.2) is 30.3 Å². The first-order valence-electron chi connectivity index (χ1n) is 8.96. The van der Waals surface area contributed by atoms with Crippen LogP contribution >= 0.6 is 0 Å². The summed E-state index contributed by atoms with van der Waals surface area (Å²) in [5.41, 5.74) is 5.87. The lowest BCUT2D eigenvalue weighted by Gasteiger charge is -2.22. The van der Waals surface area contributed by atoms with Gasteiger partial charge in [0.15, 0.2) is 11.5 Å². The molecule has 0 saturated heterocycles. The Hall–Kier alpha value is -2.69. The monoisotopic (exact) mass is 354 g/mol. The van der Waals surface area contributed by atoms with E-state index in [1.165, 1.54) is 22.3 Å². The second kappa shape index (κ2) is 7.68. The molecule has 26 heavy (non-hydrogen) atoms. The summed E-state index contributed by atoms with van der Waals surface area (Å²) in [6, 6.07) is 10.0. The third-order valence-electron chi connectivity index (χ3n) is 4.74. The third kappa shape index (κ3) is 3.93. The molecule has 0 aromatic heterocycles. The van der Waals surface area contributed by atoms with Crippen molar-refractivity contribution in [1.29, 1.82) is 0 Å². The fourth-order valence-corrected chi connectivity index (χ4v) is 3.35. The highest BCUT2D eigenvalue weighted by atomic mass is 16.7. The number of ether oxygens (including phenoxy) is 2. The molecule has 0 fully saturated rings. The molecule has 0 bridgehead atoms. The van der Waals surface area contributed by atoms with Gasteiger partial charge < -0.3 is 19.7 Å². The van der Waals surface area contributed by atoms with Crippen LogP contribution in [0.25, 0.3) is 0 Å². The van der Waals surface area contributed by atoms with E-state index in [1.54, 1.807) is 4.90 Å². The number of carbonyl (C=O) groups excluding carboxylic acids is 1. The molecule has 1 heterocycles. The van der Waals surface area contributed by atoms with Crippen LogP contribution in [0.5, 0.6) is 11.5 Å². The number of carbonyl (C=O) groups is 1. The Morgan fingerprint density at radius 2 is 1.77 bits per heavy atom. The van der Waals surface area contributed by atoms with Crippen molar-refractivity contribution in [3.8, 4) is 11.5 Å². The van der Waals surface area contributed by atoms with Gasteiger partial charge in [0.25, 0.3) is 0 Å². The number of rotatable bonds is 5. The molecule has 1 aliphatic heterocycles. The number of benzene rings is 2. The average Bonchev–Trinajstić information content (AvgIpc) is 3.06. The highest BCUT2D eigenvalue weighted by Crippen LogP contribution is 2.32. The maximum atomic E-state index is 12.6. The largest absolute Gasteiger partial charge is 0.454 e. The number of hydrogen-bond donors (Lipinski definition) is 1. The summed E-state index contributed by atoms with van der Waals surface area (Å²) >= 11 is 0. The van der Waals surface area contributed by atoms with Crippen LogP contribution in [0, 0.1) is 20.8 Å². The molecule has 2 aromatic rings. The maximum absolute atomic E-state index is 12.6. The van der Waals surface area contributed by atoms with Crippen molar-refractivity contribution >= 4 is 6.03 Å². The molecular weight excluding hydrogens is 328 g/mol. The van der Waals surface area contributed by atoms with E-state index < -0.39 is 0 Å². The van der Waals surface area contributed by atoms with E-state index in [9.17, 15) is 4.79 Å². The summed E-state index contributed by atoms with van der Waals surface area (Å²) in [5.74, 6) is 1.50. The SMILES string of the molecule is CCN(Cc1ccc2c(c1)OCO2)C(=O)NCc1c(C)cc(C)cc1C. The lowest BCUT2D eigenvalue weighted by atomic mass is 10.00. The Balaban J connectivity index is 1.64. The number of amides is 2. The smallest absolute Gasteiger partial charge is 0.317 e. The number of urea groups is 1. The van der Waals surface area contributed by atoms with Crippen molar-refractivity contribution < 1.29 is 14.3 Å². The summed E-state index contributed by atoms with van der Waals surface area (Å²) in [6.07, 6.45) is 0. The van der Waals surface area contributed by atoms with Gasteiger partial charge in [-0.15, -0.1) is 0 Å². The van der Waals surface area contributed by atoms with Crippen LogP contribution in [-0.2, 0) is 13.1 Å². The molecule has 138 valence electrons. The van der Waals surface area contributed by atoms with E-state index in [-0.39, 0.29) is 12.8 Å². The van der Waals surface area contributed by atoms with Gasteiger partial charge in [-0.3, -0.25) is 0 Å². The lowest BCUT2D eigenvalue weighted by molar-refractivity contribution is 0.173. The Kier molecular flexibility index (Phi) is 5.35. The zero-order chi connectivity index (χ0) is 18.7. The predicted octanol–water partition coefficient (Wildman–Crippen LogP) is 4.07. The summed E-state index contributed by atoms with van der Waals surface area (Å²) in [7, 11) is 0. The van der Waals surface area contributed by atoms with Gasteiger partial charge in [-0.05, 0) is 62.1 Å². The van der Waals surface area contributed by atoms with E-state index in [4.69, 9.17) is 9.47 Å². The van der Waals surface area contributed by atoms with Crippen LogP contribution in [-0.4, -0.2) is 24.3 Å². The molecule has 5 heteroatoms. The fourth-order valence-electron chi connectivity index (χ4n) is 3.35. The second-order valence-corrected chi connectivity index (χ2v) is 6.74. The van der Waals surface area contributed by atoms with Crippen molar-refractivity contribution in [2.24, 2.45) is 0 Å². The minimum atomic E-state index is -0.0652. The molecule has 0 spiro atoms. The molecule has 0 saturated carbocycles. The molecule has 0 atom stereocenters. The van der Waals surface area contributed by atoms with Crippen LogP contribution in [0.1, 0.15) is 34.7 Å². The van der Waals surface area contributed by atoms with Gasteiger partial charge in [-0.1, -0.05) is 23.8 Å². The lowest BCUT2D eigenvalue weighted by Crippen LogP contribution is -2.39. The molecule has 0 radical (unpaired) electrons. The van der Waals surface area contributed by atoms with E-state index >= 15 is 0 Å². The number of aryl methyl sites for hydroxylation is 3. The van der Waals surface area contributed by atoms with E-state index in [0.717, 1.165) is 17.1 Å². The minimum absolute atomic E-state index is 0.0652. The first-order chi connectivity index (χ1) is 12.5. The Labute approximate surface area is 154 Å². The minimum Gasteiger partial charge on any atom is -0.454 e. The van der Waals surface area contributed by atoms with Crippen molar-refractivity contribution in [2.75, 3.05) is 13.3 Å². The van der Waals surface area contributed by atoms with Gasteiger partial charge in [0.1, 0.15) is 0 Å². The molecule has 0 unspecified atom stereocenters. The molecule has 1 N–H and O–H groups in total. The zero-order valence-electron chi connectivity index (χ0n) is 15.9. The van der Waals surface area contributed by atoms with Crippen LogP contribution < -0.4 is 14.8 Å². The summed E-state index contributed by atoms with van der Waals surface area (Å²) in [4.78, 5) is 14.4. The topological polar surface area (TPSA) is 50.8 Å². The first-order valence-corrected chi connectivity index (χ1v) is 8.96. The molecule has 1 aliphatic rings. The van der Waals surface area contributed by atoms with Gasteiger partial charge in [0.05, 0.1) is 0 Å². The molecule has 3 rings (SSSR count). The first kappa shape index (κ1) is 18.1. The Morgan fingerprint density at radius 3 is 2.46 bits per heavy atom. The summed E-state index contributed by atoms with van der Waals surface area (Å²) < 4.78 is 10.8. The number of fused-ring (bicyclic) bond motifs is 1. The van der Waals surface area contributed by atoms with Crippen molar-refractivity contribution in [3.63, 3.8) is 0 Å². The third-order valence-corrected chi connectivity index (χ3v) is 4.74. The van der Waals surface area contributed by atoms with Crippen LogP contribution in [0.2, 0.25) is 0 Å². The van der Waals surface area contributed by atoms with E-state index in [1.807, 2.05) is 25.1 Å². The van der Waals surface area contributed by atoms with Crippen LogP contribution in [0.4, 0.5) is 4.79 Å². The highest BCUT2D eigenvalue weighted by molar-refractivity contribution is 5.74. The molecule has 0 aliphatic carbocycles. The maximum Gasteiger partial charge on any atom is 0.317 e. The van der Waals surface area contributed by atoms with E-state index in [0.29, 0.717) is 19.6 Å². The predicted molar refractivity (Wildman–Crippen MR) is 102 cm³/mol. The highest BCUT2D eigenvalue weighted by Gasteiger charge is 2.17. The number of nitrogens with one attached hydrogen (secondary N) is 1. The normalized spacial score (nSPS) is 12.2. The van der Waals surface area contributed by atoms with Crippen molar-refractivity contribution in [1.82, 2.24) is 10.2 Å². The zero-order valence-corrected chi connectivity index (χ0v) is 15.9. The summed E-state index contributed by atoms with van der Waals surface area (Å²) in [5, 5.41) is 3.05. The van der Waals surface area contributed by atoms with E-state index in [2.05, 4.69) is 38.2 Å². The molecule has 2 aromatic carbocycles. The number of nitrogens with zero attached hydrogens (tertiary/aromatic N) is 1. The summed E-state index contributed by atoms with van der Waals surface area (Å²) in [6.45, 7) is 10.2. The molecular formula is C21H26N2O3. The number of hydrogen-bond acceptors (Lipinski definition) is 3. The van der Waals surface area contributed by atoms with Gasteiger partial charge in [-0.25, -0.2) is 4.79 Å². The fraction of sp³-hybridized carbons (Fsp3) is 0.381. The van der Waals surface area contributed by atoms with Gasteiger partial charge in [0.2, 0.25) is 6.79 Å². The van der Waals surface area contributed by atoms with Crippen LogP contribution in [0.3, 0.4) is 0 Å². The van der Waals surface area contributed by atoms with Crippen molar-refractivity contribution in [3.05, 3.63) is 58.1 Å². The Bertz CT molecular complexity index is 794. The quantitative estimate of drug-likeness (QED) is 0.880. The van der Waals surface area contributed by atoms with Gasteiger partial charge in [-0.2, -0.15) is 0 Å². The van der Waals surface area contributed by atoms with Gasteiger partial charge >= 0.3 is 6.03 Å². The average molecular weight is 354 g/mol. The molecule has 2 amide bonds. The van der Waals surface area contributed by atoms with Crippen molar-refractivity contribution in [2.45, 2.75) is 40.8 Å². The van der Waals surface area contributed by atoms with Gasteiger partial charge in [0, 0.05) is 19.6 Å². The second-order valence-electron chi connectivity index (χ2n) is 6.74. The standard InChI is InChI=1S/C21H26N2O3/c1-5-23(12-17-6-7-19-20(10-17)26-13-25-19)21(24)22-11-18-15(3)8-14(2)9-16(18)4/h6-10H,5,11-13H2,1-4H3,(H,22,24).